The molecule has 0 bridgehead atoms. The van der Waals surface area contributed by atoms with Crippen LogP contribution in [0.5, 0.6) is 0 Å². The summed E-state index contributed by atoms with van der Waals surface area (Å²) in [5.74, 6) is 0.355. The molecule has 0 spiro atoms. The van der Waals surface area contributed by atoms with E-state index in [4.69, 9.17) is 0 Å². The number of carbonyl (C=O) groups is 1. The second-order valence-electron chi connectivity index (χ2n) is 3.38. The summed E-state index contributed by atoms with van der Waals surface area (Å²) in [6.07, 6.45) is 6.71. The Bertz CT molecular complexity index is 604. The van der Waals surface area contributed by atoms with E-state index >= 15 is 0 Å². The van der Waals surface area contributed by atoms with E-state index in [0.717, 1.165) is 0 Å². The molecule has 16 heavy (non-hydrogen) atoms. The SMILES string of the molecule is O=C1Nc2cccnc2N=C2C=C=CC=C12. The number of rotatable bonds is 0. The van der Waals surface area contributed by atoms with E-state index in [9.17, 15) is 4.79 Å². The van der Waals surface area contributed by atoms with Crippen molar-refractivity contribution >= 4 is 23.1 Å². The van der Waals surface area contributed by atoms with Crippen LogP contribution in [0.3, 0.4) is 0 Å². The predicted octanol–water partition coefficient (Wildman–Crippen LogP) is 1.76. The van der Waals surface area contributed by atoms with Crippen molar-refractivity contribution in [2.24, 2.45) is 4.99 Å². The fraction of sp³-hybridized carbons (Fsp3) is 0. The highest BCUT2D eigenvalue weighted by Gasteiger charge is 2.20. The topological polar surface area (TPSA) is 54.4 Å². The standard InChI is InChI=1S/C12H7N3O/c16-12-8-4-1-2-5-9(8)14-11-10(15-12)6-3-7-13-11/h1,3-7H,(H,15,16). The van der Waals surface area contributed by atoms with Gasteiger partial charge in [-0.1, -0.05) is 0 Å². The zero-order valence-electron chi connectivity index (χ0n) is 8.27. The van der Waals surface area contributed by atoms with Gasteiger partial charge in [-0.3, -0.25) is 4.79 Å². The third-order valence-electron chi connectivity index (χ3n) is 2.35. The zero-order chi connectivity index (χ0) is 11.0. The molecule has 2 heterocycles. The molecule has 0 radical (unpaired) electrons. The molecular formula is C12H7N3O. The molecule has 0 aromatic carbocycles. The van der Waals surface area contributed by atoms with Crippen LogP contribution in [0.25, 0.3) is 0 Å². The third kappa shape index (κ3) is 1.29. The van der Waals surface area contributed by atoms with Crippen molar-refractivity contribution in [2.75, 3.05) is 5.32 Å². The molecule has 1 aliphatic heterocycles. The molecular weight excluding hydrogens is 202 g/mol. The summed E-state index contributed by atoms with van der Waals surface area (Å²) in [5, 5.41) is 2.77. The Morgan fingerprint density at radius 1 is 1.38 bits per heavy atom. The Labute approximate surface area is 91.7 Å². The first-order valence-corrected chi connectivity index (χ1v) is 4.83. The van der Waals surface area contributed by atoms with Crippen LogP contribution in [-0.4, -0.2) is 16.6 Å². The van der Waals surface area contributed by atoms with Crippen molar-refractivity contribution in [1.29, 1.82) is 0 Å². The van der Waals surface area contributed by atoms with Gasteiger partial charge in [0.25, 0.3) is 5.91 Å². The summed E-state index contributed by atoms with van der Waals surface area (Å²) < 4.78 is 0. The molecule has 1 N–H and O–H groups in total. The van der Waals surface area contributed by atoms with Crippen molar-refractivity contribution in [3.05, 3.63) is 47.9 Å². The van der Waals surface area contributed by atoms with Crippen LogP contribution in [0, 0.1) is 0 Å². The molecule has 1 aliphatic carbocycles. The maximum Gasteiger partial charge on any atom is 0.258 e. The van der Waals surface area contributed by atoms with Crippen molar-refractivity contribution in [3.8, 4) is 0 Å². The van der Waals surface area contributed by atoms with Gasteiger partial charge in [0.2, 0.25) is 0 Å². The average Bonchev–Trinajstić information content (AvgIpc) is 2.45. The van der Waals surface area contributed by atoms with Crippen LogP contribution in [0.1, 0.15) is 0 Å². The van der Waals surface area contributed by atoms with Crippen LogP contribution in [0.2, 0.25) is 0 Å². The minimum atomic E-state index is -0.167. The first kappa shape index (κ1) is 8.83. The summed E-state index contributed by atoms with van der Waals surface area (Å²) in [6, 6.07) is 3.54. The van der Waals surface area contributed by atoms with Gasteiger partial charge in [-0.25, -0.2) is 9.98 Å². The van der Waals surface area contributed by atoms with Crippen molar-refractivity contribution < 1.29 is 4.79 Å². The van der Waals surface area contributed by atoms with Crippen LogP contribution in [-0.2, 0) is 4.79 Å². The van der Waals surface area contributed by atoms with E-state index in [1.165, 1.54) is 0 Å². The number of aromatic nitrogens is 1. The lowest BCUT2D eigenvalue weighted by Crippen LogP contribution is -2.18. The predicted molar refractivity (Wildman–Crippen MR) is 60.7 cm³/mol. The smallest absolute Gasteiger partial charge is 0.258 e. The summed E-state index contributed by atoms with van der Waals surface area (Å²) in [6.45, 7) is 0. The minimum absolute atomic E-state index is 0.167. The Morgan fingerprint density at radius 2 is 2.31 bits per heavy atom. The van der Waals surface area contributed by atoms with Gasteiger partial charge >= 0.3 is 0 Å². The molecule has 0 saturated heterocycles. The molecule has 0 atom stereocenters. The highest BCUT2D eigenvalue weighted by atomic mass is 16.1. The number of hydrogen-bond donors (Lipinski definition) is 1. The van der Waals surface area contributed by atoms with Gasteiger partial charge in [-0.15, -0.1) is 5.73 Å². The lowest BCUT2D eigenvalue weighted by atomic mass is 10.1. The summed E-state index contributed by atoms with van der Waals surface area (Å²) in [4.78, 5) is 20.3. The summed E-state index contributed by atoms with van der Waals surface area (Å²) in [7, 11) is 0. The molecule has 76 valence electrons. The maximum atomic E-state index is 11.9. The van der Waals surface area contributed by atoms with Crippen LogP contribution >= 0.6 is 0 Å². The van der Waals surface area contributed by atoms with Gasteiger partial charge in [0.15, 0.2) is 5.82 Å². The van der Waals surface area contributed by atoms with Gasteiger partial charge in [0.05, 0.1) is 17.0 Å². The largest absolute Gasteiger partial charge is 0.319 e. The van der Waals surface area contributed by atoms with Gasteiger partial charge in [-0.2, -0.15) is 0 Å². The fourth-order valence-electron chi connectivity index (χ4n) is 1.59. The van der Waals surface area contributed by atoms with E-state index in [2.05, 4.69) is 21.0 Å². The molecule has 4 nitrogen and oxygen atoms in total. The monoisotopic (exact) mass is 209 g/mol. The third-order valence-corrected chi connectivity index (χ3v) is 2.35. The Balaban J connectivity index is 2.24. The van der Waals surface area contributed by atoms with Gasteiger partial charge in [0.1, 0.15) is 0 Å². The number of pyridine rings is 1. The molecule has 1 amide bonds. The number of anilines is 1. The second kappa shape index (κ2) is 3.29. The van der Waals surface area contributed by atoms with Gasteiger partial charge in [0, 0.05) is 12.3 Å². The maximum absolute atomic E-state index is 11.9. The van der Waals surface area contributed by atoms with Crippen LogP contribution in [0.4, 0.5) is 11.5 Å². The minimum Gasteiger partial charge on any atom is -0.319 e. The van der Waals surface area contributed by atoms with Crippen LogP contribution < -0.4 is 5.32 Å². The van der Waals surface area contributed by atoms with E-state index < -0.39 is 0 Å². The lowest BCUT2D eigenvalue weighted by Gasteiger charge is -2.04. The number of nitrogens with one attached hydrogen (secondary N) is 1. The Hall–Kier alpha value is -2.45. The first-order valence-electron chi connectivity index (χ1n) is 4.83. The molecule has 1 aromatic heterocycles. The fourth-order valence-corrected chi connectivity index (χ4v) is 1.59. The number of nitrogens with zero attached hydrogens (tertiary/aromatic N) is 2. The Morgan fingerprint density at radius 3 is 3.25 bits per heavy atom. The molecule has 3 rings (SSSR count). The van der Waals surface area contributed by atoms with E-state index in [0.29, 0.717) is 22.8 Å². The summed E-state index contributed by atoms with van der Waals surface area (Å²) in [5.41, 5.74) is 4.66. The number of allylic oxidation sites excluding steroid dienone is 2. The van der Waals surface area contributed by atoms with Crippen LogP contribution in [0.15, 0.2) is 52.9 Å². The highest BCUT2D eigenvalue weighted by Crippen LogP contribution is 2.26. The number of hydrogen-bond acceptors (Lipinski definition) is 3. The number of aliphatic imine (C=N–C) groups is 1. The van der Waals surface area contributed by atoms with E-state index in [1.54, 1.807) is 36.6 Å². The van der Waals surface area contributed by atoms with Crippen molar-refractivity contribution in [1.82, 2.24) is 4.98 Å². The molecule has 0 saturated carbocycles. The normalized spacial score (nSPS) is 16.6. The molecule has 4 heteroatoms. The first-order chi connectivity index (χ1) is 7.84. The molecule has 2 aliphatic rings. The lowest BCUT2D eigenvalue weighted by molar-refractivity contribution is -0.112. The van der Waals surface area contributed by atoms with E-state index in [-0.39, 0.29) is 5.91 Å². The highest BCUT2D eigenvalue weighted by molar-refractivity contribution is 6.31. The second-order valence-corrected chi connectivity index (χ2v) is 3.38. The number of carbonyl (C=O) groups excluding carboxylic acids is 1. The molecule has 0 unspecified atom stereocenters. The molecule has 0 fully saturated rings. The molecule has 1 aromatic rings. The van der Waals surface area contributed by atoms with Gasteiger partial charge in [-0.05, 0) is 24.3 Å². The average molecular weight is 209 g/mol. The number of fused-ring (bicyclic) bond motifs is 2. The number of amides is 1. The quantitative estimate of drug-likeness (QED) is 0.662. The Kier molecular flexibility index (Phi) is 1.82. The van der Waals surface area contributed by atoms with Crippen molar-refractivity contribution in [3.63, 3.8) is 0 Å². The summed E-state index contributed by atoms with van der Waals surface area (Å²) >= 11 is 0. The van der Waals surface area contributed by atoms with Gasteiger partial charge < -0.3 is 5.32 Å². The van der Waals surface area contributed by atoms with E-state index in [1.807, 2.05) is 0 Å². The zero-order valence-corrected chi connectivity index (χ0v) is 8.27. The van der Waals surface area contributed by atoms with Crippen molar-refractivity contribution in [2.45, 2.75) is 0 Å².